The molecule has 0 radical (unpaired) electrons. The molecule has 0 bridgehead atoms. The summed E-state index contributed by atoms with van der Waals surface area (Å²) >= 11 is 0. The number of para-hydroxylation sites is 1. The average Bonchev–Trinajstić information content (AvgIpc) is 3.54. The number of nitrogens with zero attached hydrogens (tertiary/aromatic N) is 6. The molecule has 32 heavy (non-hydrogen) atoms. The van der Waals surface area contributed by atoms with Crippen LogP contribution in [0.5, 0.6) is 11.6 Å². The van der Waals surface area contributed by atoms with Gasteiger partial charge in [0.2, 0.25) is 5.88 Å². The smallest absolute Gasteiger partial charge is 0.277 e. The molecule has 0 aliphatic rings. The zero-order valence-electron chi connectivity index (χ0n) is 16.7. The number of aromatic nitrogens is 6. The molecular weight excluding hydrogens is 406 g/mol. The van der Waals surface area contributed by atoms with Gasteiger partial charge < -0.3 is 14.6 Å². The fraction of sp³-hybridized carbons (Fsp3) is 0. The summed E-state index contributed by atoms with van der Waals surface area (Å²) in [6.45, 7) is 0. The minimum atomic E-state index is -0.354. The second kappa shape index (κ2) is 8.52. The highest BCUT2D eigenvalue weighted by molar-refractivity contribution is 6.02. The lowest BCUT2D eigenvalue weighted by Crippen LogP contribution is -2.13. The maximum atomic E-state index is 12.5. The van der Waals surface area contributed by atoms with Gasteiger partial charge in [-0.3, -0.25) is 4.79 Å². The molecular formula is C23H17N7O2. The van der Waals surface area contributed by atoms with E-state index in [1.165, 1.54) is 11.0 Å². The highest BCUT2D eigenvalue weighted by Crippen LogP contribution is 2.22. The van der Waals surface area contributed by atoms with Gasteiger partial charge in [-0.15, -0.1) is 15.3 Å². The lowest BCUT2D eigenvalue weighted by Gasteiger charge is -2.07. The molecule has 156 valence electrons. The second-order valence-corrected chi connectivity index (χ2v) is 6.76. The van der Waals surface area contributed by atoms with Crippen LogP contribution in [0.2, 0.25) is 0 Å². The van der Waals surface area contributed by atoms with Crippen LogP contribution in [0.1, 0.15) is 10.5 Å². The van der Waals surface area contributed by atoms with Gasteiger partial charge in [-0.2, -0.15) is 9.90 Å². The highest BCUT2D eigenvalue weighted by atomic mass is 16.5. The molecule has 0 spiro atoms. The van der Waals surface area contributed by atoms with E-state index < -0.39 is 0 Å². The molecule has 9 heteroatoms. The van der Waals surface area contributed by atoms with Crippen molar-refractivity contribution in [1.82, 2.24) is 29.8 Å². The number of anilines is 1. The zero-order chi connectivity index (χ0) is 21.8. The van der Waals surface area contributed by atoms with Crippen molar-refractivity contribution in [1.29, 1.82) is 0 Å². The van der Waals surface area contributed by atoms with Gasteiger partial charge in [0.15, 0.2) is 11.5 Å². The van der Waals surface area contributed by atoms with Crippen LogP contribution in [0.3, 0.4) is 0 Å². The summed E-state index contributed by atoms with van der Waals surface area (Å²) in [5, 5.41) is 19.4. The maximum Gasteiger partial charge on any atom is 0.277 e. The van der Waals surface area contributed by atoms with Crippen molar-refractivity contribution in [3.05, 3.63) is 103 Å². The van der Waals surface area contributed by atoms with Crippen LogP contribution in [-0.4, -0.2) is 35.7 Å². The summed E-state index contributed by atoms with van der Waals surface area (Å²) in [4.78, 5) is 13.9. The third kappa shape index (κ3) is 4.21. The van der Waals surface area contributed by atoms with Crippen molar-refractivity contribution in [2.24, 2.45) is 0 Å². The minimum Gasteiger partial charge on any atom is -0.438 e. The van der Waals surface area contributed by atoms with E-state index >= 15 is 0 Å². The van der Waals surface area contributed by atoms with Gasteiger partial charge in [-0.1, -0.05) is 18.2 Å². The third-order valence-electron chi connectivity index (χ3n) is 4.54. The van der Waals surface area contributed by atoms with Crippen LogP contribution in [0.15, 0.2) is 97.5 Å². The molecule has 0 atom stereocenters. The molecule has 2 aromatic carbocycles. The summed E-state index contributed by atoms with van der Waals surface area (Å²) in [6.07, 6.45) is 5.20. The Morgan fingerprint density at radius 2 is 1.62 bits per heavy atom. The van der Waals surface area contributed by atoms with E-state index in [1.54, 1.807) is 30.3 Å². The van der Waals surface area contributed by atoms with Crippen molar-refractivity contribution >= 4 is 11.6 Å². The van der Waals surface area contributed by atoms with Gasteiger partial charge in [-0.05, 0) is 54.6 Å². The van der Waals surface area contributed by atoms with Gasteiger partial charge in [-0.25, -0.2) is 0 Å². The molecule has 1 amide bonds. The van der Waals surface area contributed by atoms with Crippen molar-refractivity contribution in [3.63, 3.8) is 0 Å². The molecule has 3 heterocycles. The Balaban J connectivity index is 1.21. The molecule has 0 aliphatic heterocycles. The maximum absolute atomic E-state index is 12.5. The van der Waals surface area contributed by atoms with Crippen molar-refractivity contribution < 1.29 is 9.53 Å². The van der Waals surface area contributed by atoms with Crippen LogP contribution >= 0.6 is 0 Å². The first-order valence-corrected chi connectivity index (χ1v) is 9.79. The van der Waals surface area contributed by atoms with Crippen LogP contribution in [-0.2, 0) is 0 Å². The van der Waals surface area contributed by atoms with Crippen molar-refractivity contribution in [2.45, 2.75) is 0 Å². The number of nitrogens with one attached hydrogen (secondary N) is 1. The van der Waals surface area contributed by atoms with Gasteiger partial charge in [0.25, 0.3) is 5.91 Å². The molecule has 0 saturated heterocycles. The molecule has 0 saturated carbocycles. The van der Waals surface area contributed by atoms with Gasteiger partial charge in [0.1, 0.15) is 5.75 Å². The van der Waals surface area contributed by atoms with Crippen LogP contribution in [0.4, 0.5) is 5.69 Å². The minimum absolute atomic E-state index is 0.215. The number of rotatable bonds is 6. The van der Waals surface area contributed by atoms with Crippen molar-refractivity contribution in [3.8, 4) is 23.1 Å². The Morgan fingerprint density at radius 1 is 0.844 bits per heavy atom. The van der Waals surface area contributed by atoms with E-state index in [0.29, 0.717) is 23.1 Å². The Labute approximate surface area is 182 Å². The lowest BCUT2D eigenvalue weighted by atomic mass is 10.3. The zero-order valence-corrected chi connectivity index (χ0v) is 16.7. The molecule has 5 rings (SSSR count). The van der Waals surface area contributed by atoms with E-state index in [0.717, 1.165) is 5.69 Å². The highest BCUT2D eigenvalue weighted by Gasteiger charge is 2.12. The van der Waals surface area contributed by atoms with E-state index in [4.69, 9.17) is 4.74 Å². The number of ether oxygens (including phenoxy) is 1. The molecule has 0 fully saturated rings. The van der Waals surface area contributed by atoms with Crippen LogP contribution < -0.4 is 10.1 Å². The first kappa shape index (κ1) is 19.2. The second-order valence-electron chi connectivity index (χ2n) is 6.76. The fourth-order valence-corrected chi connectivity index (χ4v) is 2.97. The SMILES string of the molecule is O=C(Nc1ccc(Oc2ccc(-n3cccc3)nn2)cc1)c1cnn(-c2ccccc2)n1. The summed E-state index contributed by atoms with van der Waals surface area (Å²) < 4.78 is 7.58. The topological polar surface area (TPSA) is 99.7 Å². The standard InChI is InChI=1S/C23H17N7O2/c31-23(20-16-24-30(28-20)18-6-2-1-3-7-18)25-17-8-10-19(11-9-17)32-22-13-12-21(26-27-22)29-14-4-5-15-29/h1-16H,(H,25,31). The van der Waals surface area contributed by atoms with Crippen molar-refractivity contribution in [2.75, 3.05) is 5.32 Å². The summed E-state index contributed by atoms with van der Waals surface area (Å²) in [5.41, 5.74) is 1.59. The quantitative estimate of drug-likeness (QED) is 0.445. The number of hydrogen-bond acceptors (Lipinski definition) is 6. The van der Waals surface area contributed by atoms with Crippen LogP contribution in [0.25, 0.3) is 11.5 Å². The summed E-state index contributed by atoms with van der Waals surface area (Å²) in [5.74, 6) is 1.29. The van der Waals surface area contributed by atoms with Gasteiger partial charge >= 0.3 is 0 Å². The van der Waals surface area contributed by atoms with Gasteiger partial charge in [0.05, 0.1) is 11.9 Å². The fourth-order valence-electron chi connectivity index (χ4n) is 2.97. The Bertz CT molecular complexity index is 1310. The predicted octanol–water partition coefficient (Wildman–Crippen LogP) is 3.89. The van der Waals surface area contributed by atoms with Crippen LogP contribution in [0, 0.1) is 0 Å². The number of carbonyl (C=O) groups is 1. The molecule has 0 aliphatic carbocycles. The monoisotopic (exact) mass is 423 g/mol. The first-order chi connectivity index (χ1) is 15.7. The summed E-state index contributed by atoms with van der Waals surface area (Å²) in [7, 11) is 0. The molecule has 3 aromatic heterocycles. The Kier molecular flexibility index (Phi) is 5.11. The molecule has 9 nitrogen and oxygen atoms in total. The van der Waals surface area contributed by atoms with E-state index in [9.17, 15) is 4.79 Å². The first-order valence-electron chi connectivity index (χ1n) is 9.79. The molecule has 5 aromatic rings. The third-order valence-corrected chi connectivity index (χ3v) is 4.54. The summed E-state index contributed by atoms with van der Waals surface area (Å²) in [6, 6.07) is 23.7. The average molecular weight is 423 g/mol. The van der Waals surface area contributed by atoms with E-state index in [1.807, 2.05) is 65.5 Å². The normalized spacial score (nSPS) is 10.6. The Morgan fingerprint density at radius 3 is 2.34 bits per heavy atom. The molecule has 0 unspecified atom stereocenters. The number of carbonyl (C=O) groups excluding carboxylic acids is 1. The lowest BCUT2D eigenvalue weighted by molar-refractivity contribution is 0.102. The number of hydrogen-bond donors (Lipinski definition) is 1. The largest absolute Gasteiger partial charge is 0.438 e. The van der Waals surface area contributed by atoms with E-state index in [-0.39, 0.29) is 11.6 Å². The number of benzene rings is 2. The van der Waals surface area contributed by atoms with Gasteiger partial charge in [0, 0.05) is 24.1 Å². The predicted molar refractivity (Wildman–Crippen MR) is 117 cm³/mol. The van der Waals surface area contributed by atoms with E-state index in [2.05, 4.69) is 25.7 Å². The molecule has 1 N–H and O–H groups in total. The number of amides is 1. The Hall–Kier alpha value is -4.79.